The van der Waals surface area contributed by atoms with Crippen LogP contribution in [0.1, 0.15) is 17.2 Å². The van der Waals surface area contributed by atoms with E-state index in [1.807, 2.05) is 0 Å². The summed E-state index contributed by atoms with van der Waals surface area (Å²) in [5.74, 6) is -0.0817. The number of ether oxygens (including phenoxy) is 4. The molecule has 0 saturated carbocycles. The standard InChI is InChI=1S/C20H18O6/c1-23-14-8-4-12(5-9-14)16-17(19(21)25-3)20(22)26-18(16)13-6-10-15(24-2)11-7-13/h4-11,18H,1-3H3. The molecule has 0 radical (unpaired) electrons. The highest BCUT2D eigenvalue weighted by atomic mass is 16.6. The predicted octanol–water partition coefficient (Wildman–Crippen LogP) is 2.93. The van der Waals surface area contributed by atoms with Crippen molar-refractivity contribution in [2.45, 2.75) is 6.10 Å². The summed E-state index contributed by atoms with van der Waals surface area (Å²) >= 11 is 0. The Balaban J connectivity index is 2.12. The van der Waals surface area contributed by atoms with Crippen molar-refractivity contribution in [2.75, 3.05) is 21.3 Å². The summed E-state index contributed by atoms with van der Waals surface area (Å²) in [7, 11) is 4.37. The Bertz CT molecular complexity index is 849. The van der Waals surface area contributed by atoms with Gasteiger partial charge < -0.3 is 18.9 Å². The van der Waals surface area contributed by atoms with Crippen LogP contribution in [0.4, 0.5) is 0 Å². The second-order valence-corrected chi connectivity index (χ2v) is 5.57. The molecule has 0 bridgehead atoms. The van der Waals surface area contributed by atoms with Crippen molar-refractivity contribution in [1.29, 1.82) is 0 Å². The van der Waals surface area contributed by atoms with Gasteiger partial charge in [-0.1, -0.05) is 24.3 Å². The first-order chi connectivity index (χ1) is 12.6. The number of benzene rings is 2. The highest BCUT2D eigenvalue weighted by Crippen LogP contribution is 2.42. The molecule has 134 valence electrons. The number of esters is 2. The lowest BCUT2D eigenvalue weighted by Gasteiger charge is -2.16. The van der Waals surface area contributed by atoms with Crippen LogP contribution in [0.2, 0.25) is 0 Å². The van der Waals surface area contributed by atoms with Gasteiger partial charge in [0.25, 0.3) is 0 Å². The van der Waals surface area contributed by atoms with Gasteiger partial charge in [0, 0.05) is 5.57 Å². The summed E-state index contributed by atoms with van der Waals surface area (Å²) in [6, 6.07) is 14.2. The van der Waals surface area contributed by atoms with Crippen LogP contribution < -0.4 is 9.47 Å². The van der Waals surface area contributed by atoms with Crippen LogP contribution >= 0.6 is 0 Å². The Morgan fingerprint density at radius 2 is 1.42 bits per heavy atom. The van der Waals surface area contributed by atoms with Gasteiger partial charge in [-0.2, -0.15) is 0 Å². The first kappa shape index (κ1) is 17.5. The zero-order valence-electron chi connectivity index (χ0n) is 14.6. The molecule has 0 aromatic heterocycles. The second-order valence-electron chi connectivity index (χ2n) is 5.57. The average Bonchev–Trinajstić information content (AvgIpc) is 3.04. The minimum absolute atomic E-state index is 0.0986. The van der Waals surface area contributed by atoms with Gasteiger partial charge in [-0.25, -0.2) is 9.59 Å². The number of hydrogen-bond acceptors (Lipinski definition) is 6. The molecule has 6 heteroatoms. The number of rotatable bonds is 5. The van der Waals surface area contributed by atoms with E-state index in [9.17, 15) is 9.59 Å². The fraction of sp³-hybridized carbons (Fsp3) is 0.200. The Labute approximate surface area is 150 Å². The van der Waals surface area contributed by atoms with E-state index < -0.39 is 18.0 Å². The quantitative estimate of drug-likeness (QED) is 0.607. The van der Waals surface area contributed by atoms with Crippen LogP contribution in [0.25, 0.3) is 5.57 Å². The van der Waals surface area contributed by atoms with E-state index >= 15 is 0 Å². The van der Waals surface area contributed by atoms with Crippen LogP contribution in [0, 0.1) is 0 Å². The predicted molar refractivity (Wildman–Crippen MR) is 93.8 cm³/mol. The van der Waals surface area contributed by atoms with Crippen molar-refractivity contribution in [3.63, 3.8) is 0 Å². The summed E-state index contributed by atoms with van der Waals surface area (Å²) in [6.07, 6.45) is -0.712. The average molecular weight is 354 g/mol. The van der Waals surface area contributed by atoms with E-state index in [2.05, 4.69) is 0 Å². The maximum absolute atomic E-state index is 12.4. The molecule has 0 N–H and O–H groups in total. The van der Waals surface area contributed by atoms with Crippen LogP contribution in [-0.2, 0) is 19.1 Å². The maximum Gasteiger partial charge on any atom is 0.347 e. The van der Waals surface area contributed by atoms with Gasteiger partial charge in [0.15, 0.2) is 11.7 Å². The van der Waals surface area contributed by atoms with Crippen molar-refractivity contribution in [1.82, 2.24) is 0 Å². The normalized spacial score (nSPS) is 16.3. The summed E-state index contributed by atoms with van der Waals surface area (Å²) in [6.45, 7) is 0. The van der Waals surface area contributed by atoms with Crippen LogP contribution in [0.3, 0.4) is 0 Å². The largest absolute Gasteiger partial charge is 0.497 e. The topological polar surface area (TPSA) is 71.1 Å². The molecule has 2 aromatic carbocycles. The maximum atomic E-state index is 12.4. The molecule has 1 aliphatic heterocycles. The van der Waals surface area contributed by atoms with E-state index in [4.69, 9.17) is 18.9 Å². The Kier molecular flexibility index (Phi) is 4.93. The highest BCUT2D eigenvalue weighted by Gasteiger charge is 2.40. The lowest BCUT2D eigenvalue weighted by atomic mass is 9.92. The van der Waals surface area contributed by atoms with Crippen LogP contribution in [0.15, 0.2) is 54.1 Å². The molecule has 0 aliphatic carbocycles. The third kappa shape index (κ3) is 3.13. The molecule has 0 spiro atoms. The van der Waals surface area contributed by atoms with Gasteiger partial charge in [-0.15, -0.1) is 0 Å². The molecule has 2 aromatic rings. The van der Waals surface area contributed by atoms with Crippen molar-refractivity contribution in [2.24, 2.45) is 0 Å². The lowest BCUT2D eigenvalue weighted by molar-refractivity contribution is -0.145. The molecular formula is C20H18O6. The number of carbonyl (C=O) groups is 2. The molecule has 1 heterocycles. The molecule has 1 aliphatic rings. The van der Waals surface area contributed by atoms with Crippen molar-refractivity contribution < 1.29 is 28.5 Å². The SMILES string of the molecule is COC(=O)C1=C(c2ccc(OC)cc2)C(c2ccc(OC)cc2)OC1=O. The molecule has 0 amide bonds. The Morgan fingerprint density at radius 3 is 1.92 bits per heavy atom. The third-order valence-electron chi connectivity index (χ3n) is 4.17. The monoisotopic (exact) mass is 354 g/mol. The number of cyclic esters (lactones) is 1. The molecule has 0 fully saturated rings. The summed E-state index contributed by atoms with van der Waals surface area (Å²) in [4.78, 5) is 24.5. The van der Waals surface area contributed by atoms with E-state index in [-0.39, 0.29) is 5.57 Å². The molecular weight excluding hydrogens is 336 g/mol. The molecule has 1 unspecified atom stereocenters. The van der Waals surface area contributed by atoms with Gasteiger partial charge in [0.2, 0.25) is 0 Å². The van der Waals surface area contributed by atoms with Crippen molar-refractivity contribution in [3.05, 3.63) is 65.2 Å². The van der Waals surface area contributed by atoms with Gasteiger partial charge in [0.1, 0.15) is 11.5 Å². The van der Waals surface area contributed by atoms with Crippen molar-refractivity contribution in [3.8, 4) is 11.5 Å². The van der Waals surface area contributed by atoms with E-state index in [1.165, 1.54) is 7.11 Å². The zero-order valence-corrected chi connectivity index (χ0v) is 14.6. The fourth-order valence-electron chi connectivity index (χ4n) is 2.84. The minimum Gasteiger partial charge on any atom is -0.497 e. The number of carbonyl (C=O) groups excluding carboxylic acids is 2. The van der Waals surface area contributed by atoms with Gasteiger partial charge in [0.05, 0.1) is 21.3 Å². The van der Waals surface area contributed by atoms with Crippen LogP contribution in [0.5, 0.6) is 11.5 Å². The first-order valence-electron chi connectivity index (χ1n) is 7.91. The van der Waals surface area contributed by atoms with Gasteiger partial charge in [-0.05, 0) is 35.4 Å². The van der Waals surface area contributed by atoms with Gasteiger partial charge >= 0.3 is 11.9 Å². The second kappa shape index (κ2) is 7.31. The molecule has 3 rings (SSSR count). The van der Waals surface area contributed by atoms with E-state index in [0.29, 0.717) is 22.6 Å². The van der Waals surface area contributed by atoms with Gasteiger partial charge in [-0.3, -0.25) is 0 Å². The molecule has 1 atom stereocenters. The smallest absolute Gasteiger partial charge is 0.347 e. The number of hydrogen-bond donors (Lipinski definition) is 0. The van der Waals surface area contributed by atoms with Crippen molar-refractivity contribution >= 4 is 17.5 Å². The lowest BCUT2D eigenvalue weighted by Crippen LogP contribution is -2.12. The first-order valence-corrected chi connectivity index (χ1v) is 7.91. The summed E-state index contributed by atoms with van der Waals surface area (Å²) in [5.41, 5.74) is 1.77. The molecule has 6 nitrogen and oxygen atoms in total. The highest BCUT2D eigenvalue weighted by molar-refractivity contribution is 6.22. The number of methoxy groups -OCH3 is 3. The van der Waals surface area contributed by atoms with E-state index in [1.54, 1.807) is 62.8 Å². The molecule has 26 heavy (non-hydrogen) atoms. The molecule has 0 saturated heterocycles. The Morgan fingerprint density at radius 1 is 0.885 bits per heavy atom. The Hall–Kier alpha value is -3.28. The zero-order chi connectivity index (χ0) is 18.7. The minimum atomic E-state index is -0.725. The fourth-order valence-corrected chi connectivity index (χ4v) is 2.84. The third-order valence-corrected chi connectivity index (χ3v) is 4.17. The van der Waals surface area contributed by atoms with E-state index in [0.717, 1.165) is 5.56 Å². The summed E-state index contributed by atoms with van der Waals surface area (Å²) in [5, 5.41) is 0. The summed E-state index contributed by atoms with van der Waals surface area (Å²) < 4.78 is 20.6. The van der Waals surface area contributed by atoms with Crippen LogP contribution in [-0.4, -0.2) is 33.3 Å².